The van der Waals surface area contributed by atoms with Crippen molar-refractivity contribution in [2.75, 3.05) is 11.5 Å². The third-order valence-electron chi connectivity index (χ3n) is 3.51. The lowest BCUT2D eigenvalue weighted by atomic mass is 10.2. The second-order valence-electron chi connectivity index (χ2n) is 4.78. The Hall–Kier alpha value is -1.56. The van der Waals surface area contributed by atoms with Crippen LogP contribution in [0.15, 0.2) is 24.5 Å². The van der Waals surface area contributed by atoms with E-state index in [9.17, 15) is 8.42 Å². The van der Waals surface area contributed by atoms with Crippen molar-refractivity contribution in [2.24, 2.45) is 0 Å². The van der Waals surface area contributed by atoms with E-state index in [0.717, 1.165) is 23.9 Å². The number of rotatable bonds is 2. The van der Waals surface area contributed by atoms with Crippen molar-refractivity contribution in [1.82, 2.24) is 9.55 Å². The van der Waals surface area contributed by atoms with Gasteiger partial charge in [0.05, 0.1) is 28.4 Å². The number of hydrogen-bond donors (Lipinski definition) is 1. The molecule has 0 aliphatic carbocycles. The van der Waals surface area contributed by atoms with Gasteiger partial charge >= 0.3 is 0 Å². The Bertz CT molecular complexity index is 690. The largest absolute Gasteiger partial charge is 0.399 e. The lowest BCUT2D eigenvalue weighted by Crippen LogP contribution is -2.21. The number of fused-ring (bicyclic) bond motifs is 1. The van der Waals surface area contributed by atoms with Crippen molar-refractivity contribution in [1.29, 1.82) is 0 Å². The van der Waals surface area contributed by atoms with E-state index in [1.807, 2.05) is 16.7 Å². The van der Waals surface area contributed by atoms with E-state index < -0.39 is 9.84 Å². The third-order valence-corrected chi connectivity index (χ3v) is 5.77. The van der Waals surface area contributed by atoms with Gasteiger partial charge in [-0.05, 0) is 31.0 Å². The van der Waals surface area contributed by atoms with Gasteiger partial charge in [-0.15, -0.1) is 0 Å². The molecule has 1 unspecified atom stereocenters. The number of nitrogen functional groups attached to an aromatic ring is 1. The first-order chi connectivity index (χ1) is 8.56. The number of imidazole rings is 1. The monoisotopic (exact) mass is 265 g/mol. The minimum Gasteiger partial charge on any atom is -0.399 e. The molecule has 1 aliphatic heterocycles. The second-order valence-corrected chi connectivity index (χ2v) is 7.18. The Morgan fingerprint density at radius 2 is 2.28 bits per heavy atom. The zero-order valence-corrected chi connectivity index (χ0v) is 10.7. The van der Waals surface area contributed by atoms with Crippen LogP contribution in [0.25, 0.3) is 11.0 Å². The summed E-state index contributed by atoms with van der Waals surface area (Å²) in [5.74, 6) is 0.317. The summed E-state index contributed by atoms with van der Waals surface area (Å²) in [7, 11) is -2.91. The molecular formula is C12H15N3O2S. The van der Waals surface area contributed by atoms with Crippen LogP contribution in [-0.2, 0) is 16.4 Å². The van der Waals surface area contributed by atoms with Crippen molar-refractivity contribution in [3.05, 3.63) is 24.5 Å². The van der Waals surface area contributed by atoms with Crippen molar-refractivity contribution in [3.63, 3.8) is 0 Å². The molecule has 0 bridgehead atoms. The van der Waals surface area contributed by atoms with Crippen molar-refractivity contribution in [2.45, 2.75) is 24.6 Å². The van der Waals surface area contributed by atoms with Crippen LogP contribution in [0.3, 0.4) is 0 Å². The Morgan fingerprint density at radius 3 is 3.00 bits per heavy atom. The molecular weight excluding hydrogens is 250 g/mol. The van der Waals surface area contributed by atoms with Gasteiger partial charge in [0.25, 0.3) is 0 Å². The number of sulfone groups is 1. The Labute approximate surface area is 106 Å². The smallest absolute Gasteiger partial charge is 0.154 e. The van der Waals surface area contributed by atoms with Crippen molar-refractivity contribution >= 4 is 26.6 Å². The average molecular weight is 265 g/mol. The average Bonchev–Trinajstić information content (AvgIpc) is 2.84. The number of aromatic nitrogens is 2. The molecule has 0 saturated carbocycles. The summed E-state index contributed by atoms with van der Waals surface area (Å²) in [5.41, 5.74) is 8.11. The van der Waals surface area contributed by atoms with Gasteiger partial charge in [0.2, 0.25) is 0 Å². The third kappa shape index (κ3) is 1.86. The molecule has 0 amide bonds. The molecule has 5 nitrogen and oxygen atoms in total. The van der Waals surface area contributed by atoms with Crippen LogP contribution < -0.4 is 5.73 Å². The predicted molar refractivity (Wildman–Crippen MR) is 71.0 cm³/mol. The highest BCUT2D eigenvalue weighted by atomic mass is 32.2. The Kier molecular flexibility index (Phi) is 2.55. The molecule has 3 rings (SSSR count). The Balaban J connectivity index is 1.96. The first-order valence-corrected chi connectivity index (χ1v) is 7.70. The van der Waals surface area contributed by atoms with Crippen molar-refractivity contribution < 1.29 is 8.42 Å². The molecule has 6 heteroatoms. The van der Waals surface area contributed by atoms with Gasteiger partial charge in [-0.2, -0.15) is 0 Å². The van der Waals surface area contributed by atoms with E-state index in [0.29, 0.717) is 18.0 Å². The molecule has 2 heterocycles. The SMILES string of the molecule is Nc1ccc2c(c1)ncn2CC1CCCS1(=O)=O. The minimum absolute atomic E-state index is 0.271. The highest BCUT2D eigenvalue weighted by molar-refractivity contribution is 7.92. The summed E-state index contributed by atoms with van der Waals surface area (Å²) in [4.78, 5) is 4.26. The van der Waals surface area contributed by atoms with Gasteiger partial charge in [0.1, 0.15) is 0 Å². The van der Waals surface area contributed by atoms with Crippen LogP contribution in [0.1, 0.15) is 12.8 Å². The van der Waals surface area contributed by atoms with Gasteiger partial charge in [0.15, 0.2) is 9.84 Å². The molecule has 1 saturated heterocycles. The lowest BCUT2D eigenvalue weighted by Gasteiger charge is -2.10. The molecule has 18 heavy (non-hydrogen) atoms. The lowest BCUT2D eigenvalue weighted by molar-refractivity contribution is 0.569. The van der Waals surface area contributed by atoms with E-state index >= 15 is 0 Å². The quantitative estimate of drug-likeness (QED) is 0.827. The molecule has 96 valence electrons. The highest BCUT2D eigenvalue weighted by Crippen LogP contribution is 2.24. The van der Waals surface area contributed by atoms with E-state index in [4.69, 9.17) is 5.73 Å². The number of benzene rings is 1. The molecule has 1 aliphatic rings. The first kappa shape index (κ1) is 11.5. The fourth-order valence-corrected chi connectivity index (χ4v) is 4.32. The van der Waals surface area contributed by atoms with Crippen LogP contribution in [0.2, 0.25) is 0 Å². The van der Waals surface area contributed by atoms with Gasteiger partial charge < -0.3 is 10.3 Å². The van der Waals surface area contributed by atoms with Gasteiger partial charge in [-0.25, -0.2) is 13.4 Å². The van der Waals surface area contributed by atoms with Crippen molar-refractivity contribution in [3.8, 4) is 0 Å². The molecule has 0 spiro atoms. The maximum atomic E-state index is 11.8. The summed E-state index contributed by atoms with van der Waals surface area (Å²) in [5, 5.41) is -0.271. The van der Waals surface area contributed by atoms with E-state index in [-0.39, 0.29) is 5.25 Å². The summed E-state index contributed by atoms with van der Waals surface area (Å²) < 4.78 is 25.6. The number of nitrogens with zero attached hydrogens (tertiary/aromatic N) is 2. The summed E-state index contributed by atoms with van der Waals surface area (Å²) in [6.45, 7) is 0.489. The van der Waals surface area contributed by atoms with Crippen LogP contribution in [-0.4, -0.2) is 29.0 Å². The zero-order chi connectivity index (χ0) is 12.8. The highest BCUT2D eigenvalue weighted by Gasteiger charge is 2.31. The standard InChI is InChI=1S/C12H15N3O2S/c13-9-3-4-12-11(6-9)14-8-15(12)7-10-2-1-5-18(10,16)17/h3-4,6,8,10H,1-2,5,7,13H2. The number of hydrogen-bond acceptors (Lipinski definition) is 4. The maximum Gasteiger partial charge on any atom is 0.154 e. The van der Waals surface area contributed by atoms with Crippen LogP contribution in [0, 0.1) is 0 Å². The number of anilines is 1. The first-order valence-electron chi connectivity index (χ1n) is 5.98. The summed E-state index contributed by atoms with van der Waals surface area (Å²) >= 11 is 0. The topological polar surface area (TPSA) is 78.0 Å². The van der Waals surface area contributed by atoms with Gasteiger partial charge in [0, 0.05) is 12.2 Å². The molecule has 2 N–H and O–H groups in total. The van der Waals surface area contributed by atoms with E-state index in [1.165, 1.54) is 0 Å². The molecule has 0 radical (unpaired) electrons. The van der Waals surface area contributed by atoms with Crippen LogP contribution >= 0.6 is 0 Å². The molecule has 1 aromatic heterocycles. The fraction of sp³-hybridized carbons (Fsp3) is 0.417. The normalized spacial score (nSPS) is 22.6. The molecule has 1 aromatic carbocycles. The van der Waals surface area contributed by atoms with Gasteiger partial charge in [-0.1, -0.05) is 0 Å². The zero-order valence-electron chi connectivity index (χ0n) is 9.91. The fourth-order valence-electron chi connectivity index (χ4n) is 2.51. The number of nitrogens with two attached hydrogens (primary N) is 1. The minimum atomic E-state index is -2.91. The molecule has 1 fully saturated rings. The second kappa shape index (κ2) is 3.98. The summed E-state index contributed by atoms with van der Waals surface area (Å²) in [6, 6.07) is 5.50. The van der Waals surface area contributed by atoms with Crippen LogP contribution in [0.5, 0.6) is 0 Å². The Morgan fingerprint density at radius 1 is 1.44 bits per heavy atom. The molecule has 2 aromatic rings. The van der Waals surface area contributed by atoms with Crippen LogP contribution in [0.4, 0.5) is 5.69 Å². The van der Waals surface area contributed by atoms with Gasteiger partial charge in [-0.3, -0.25) is 0 Å². The molecule has 1 atom stereocenters. The maximum absolute atomic E-state index is 11.8. The predicted octanol–water partition coefficient (Wildman–Crippen LogP) is 1.20. The van der Waals surface area contributed by atoms with E-state index in [1.54, 1.807) is 12.4 Å². The summed E-state index contributed by atoms with van der Waals surface area (Å²) in [6.07, 6.45) is 3.21. The van der Waals surface area contributed by atoms with E-state index in [2.05, 4.69) is 4.98 Å².